The zero-order chi connectivity index (χ0) is 17.7. The molecule has 1 aliphatic rings. The lowest BCUT2D eigenvalue weighted by molar-refractivity contribution is 0.0789. The van der Waals surface area contributed by atoms with Crippen LogP contribution in [0.25, 0.3) is 21.5 Å². The SMILES string of the molecule is CN(C)CCC1C(=O)c2cncc3cc4c(Cl)cccc4c(c23)C1=O. The predicted octanol–water partition coefficient (Wildman–Crippen LogP) is 3.99. The van der Waals surface area contributed by atoms with Gasteiger partial charge in [-0.1, -0.05) is 23.7 Å². The van der Waals surface area contributed by atoms with E-state index in [1.54, 1.807) is 12.4 Å². The third-order valence-corrected chi connectivity index (χ3v) is 5.19. The Morgan fingerprint density at radius 2 is 1.92 bits per heavy atom. The maximum atomic E-state index is 13.2. The fourth-order valence-electron chi connectivity index (χ4n) is 3.63. The zero-order valence-corrected chi connectivity index (χ0v) is 14.8. The van der Waals surface area contributed by atoms with Crippen LogP contribution in [0.4, 0.5) is 0 Å². The first-order valence-electron chi connectivity index (χ1n) is 8.21. The number of hydrogen-bond acceptors (Lipinski definition) is 4. The number of nitrogens with zero attached hydrogens (tertiary/aromatic N) is 2. The molecule has 0 saturated heterocycles. The van der Waals surface area contributed by atoms with E-state index in [2.05, 4.69) is 4.98 Å². The number of halogens is 1. The molecule has 126 valence electrons. The molecule has 1 unspecified atom stereocenters. The highest BCUT2D eigenvalue weighted by Gasteiger charge is 2.37. The fourth-order valence-corrected chi connectivity index (χ4v) is 3.86. The first-order chi connectivity index (χ1) is 12.0. The second-order valence-corrected chi connectivity index (χ2v) is 7.15. The number of pyridine rings is 1. The quantitative estimate of drug-likeness (QED) is 0.528. The molecule has 1 aliphatic carbocycles. The number of fused-ring (bicyclic) bond motifs is 2. The van der Waals surface area contributed by atoms with E-state index in [-0.39, 0.29) is 11.6 Å². The van der Waals surface area contributed by atoms with E-state index in [4.69, 9.17) is 11.6 Å². The van der Waals surface area contributed by atoms with E-state index in [0.717, 1.165) is 16.2 Å². The molecule has 0 aliphatic heterocycles. The van der Waals surface area contributed by atoms with Crippen LogP contribution in [-0.4, -0.2) is 42.1 Å². The van der Waals surface area contributed by atoms with Crippen molar-refractivity contribution in [3.63, 3.8) is 0 Å². The Hall–Kier alpha value is -2.30. The van der Waals surface area contributed by atoms with Crippen LogP contribution in [0.15, 0.2) is 36.7 Å². The molecule has 0 saturated carbocycles. The van der Waals surface area contributed by atoms with Crippen molar-refractivity contribution in [3.8, 4) is 0 Å². The van der Waals surface area contributed by atoms with Crippen LogP contribution < -0.4 is 0 Å². The van der Waals surface area contributed by atoms with E-state index >= 15 is 0 Å². The first-order valence-corrected chi connectivity index (χ1v) is 8.59. The monoisotopic (exact) mass is 352 g/mol. The summed E-state index contributed by atoms with van der Waals surface area (Å²) in [5.74, 6) is -0.894. The Morgan fingerprint density at radius 1 is 1.12 bits per heavy atom. The third kappa shape index (κ3) is 2.44. The van der Waals surface area contributed by atoms with Gasteiger partial charge in [-0.25, -0.2) is 0 Å². The van der Waals surface area contributed by atoms with Gasteiger partial charge in [0.05, 0.1) is 5.92 Å². The standard InChI is InChI=1S/C20H17ClN2O2/c1-23(2)7-6-13-19(24)15-10-22-9-11-8-14-12(4-3-5-16(14)21)18(17(11)15)20(13)25/h3-5,8-10,13H,6-7H2,1-2H3. The van der Waals surface area contributed by atoms with Crippen molar-refractivity contribution >= 4 is 44.7 Å². The van der Waals surface area contributed by atoms with Gasteiger partial charge in [-0.15, -0.1) is 0 Å². The summed E-state index contributed by atoms with van der Waals surface area (Å²) in [6.45, 7) is 0.673. The second kappa shape index (κ2) is 5.90. The minimum atomic E-state index is -0.660. The topological polar surface area (TPSA) is 50.3 Å². The minimum Gasteiger partial charge on any atom is -0.309 e. The number of benzene rings is 2. The Balaban J connectivity index is 2.04. The van der Waals surface area contributed by atoms with E-state index in [1.165, 1.54) is 0 Å². The Kier molecular flexibility index (Phi) is 3.82. The summed E-state index contributed by atoms with van der Waals surface area (Å²) >= 11 is 6.35. The molecule has 0 N–H and O–H groups in total. The van der Waals surface area contributed by atoms with Crippen LogP contribution >= 0.6 is 11.6 Å². The van der Waals surface area contributed by atoms with Crippen LogP contribution in [-0.2, 0) is 0 Å². The van der Waals surface area contributed by atoms with Gasteiger partial charge >= 0.3 is 0 Å². The molecule has 4 nitrogen and oxygen atoms in total. The van der Waals surface area contributed by atoms with Crippen LogP contribution in [0.3, 0.4) is 0 Å². The van der Waals surface area contributed by atoms with Crippen LogP contribution in [0, 0.1) is 5.92 Å². The minimum absolute atomic E-state index is 0.108. The van der Waals surface area contributed by atoms with Gasteiger partial charge in [0.1, 0.15) is 0 Å². The third-order valence-electron chi connectivity index (χ3n) is 4.86. The van der Waals surface area contributed by atoms with Gasteiger partial charge in [-0.3, -0.25) is 14.6 Å². The van der Waals surface area contributed by atoms with Crippen molar-refractivity contribution in [2.24, 2.45) is 5.92 Å². The van der Waals surface area contributed by atoms with Gasteiger partial charge < -0.3 is 4.90 Å². The summed E-state index contributed by atoms with van der Waals surface area (Å²) in [6.07, 6.45) is 3.77. The molecule has 0 radical (unpaired) electrons. The van der Waals surface area contributed by atoms with E-state index in [9.17, 15) is 9.59 Å². The Bertz CT molecular complexity index is 1040. The summed E-state index contributed by atoms with van der Waals surface area (Å²) in [7, 11) is 3.87. The molecule has 2 aromatic carbocycles. The van der Waals surface area contributed by atoms with Gasteiger partial charge in [-0.2, -0.15) is 0 Å². The average Bonchev–Trinajstić information content (AvgIpc) is 2.58. The van der Waals surface area contributed by atoms with Crippen molar-refractivity contribution in [1.29, 1.82) is 0 Å². The molecule has 1 heterocycles. The molecule has 1 atom stereocenters. The lowest BCUT2D eigenvalue weighted by atomic mass is 9.77. The van der Waals surface area contributed by atoms with Crippen molar-refractivity contribution in [2.75, 3.05) is 20.6 Å². The number of carbonyl (C=O) groups is 2. The fraction of sp³-hybridized carbons (Fsp3) is 0.250. The van der Waals surface area contributed by atoms with E-state index in [1.807, 2.05) is 43.3 Å². The molecule has 5 heteroatoms. The van der Waals surface area contributed by atoms with Crippen LogP contribution in [0.2, 0.25) is 5.02 Å². The second-order valence-electron chi connectivity index (χ2n) is 6.74. The summed E-state index contributed by atoms with van der Waals surface area (Å²) in [5.41, 5.74) is 1.15. The predicted molar refractivity (Wildman–Crippen MR) is 99.6 cm³/mol. The van der Waals surface area contributed by atoms with Gasteiger partial charge in [0.15, 0.2) is 11.6 Å². The molecule has 1 aromatic heterocycles. The van der Waals surface area contributed by atoms with Crippen molar-refractivity contribution in [2.45, 2.75) is 6.42 Å². The average molecular weight is 353 g/mol. The van der Waals surface area contributed by atoms with Gasteiger partial charge in [0.25, 0.3) is 0 Å². The summed E-state index contributed by atoms with van der Waals surface area (Å²) in [5, 5.41) is 3.71. The molecule has 4 rings (SSSR count). The largest absolute Gasteiger partial charge is 0.309 e. The number of carbonyl (C=O) groups excluding carboxylic acids is 2. The highest BCUT2D eigenvalue weighted by molar-refractivity contribution is 6.39. The number of ketones is 2. The summed E-state index contributed by atoms with van der Waals surface area (Å²) in [4.78, 5) is 32.4. The van der Waals surface area contributed by atoms with E-state index in [0.29, 0.717) is 34.5 Å². The highest BCUT2D eigenvalue weighted by atomic mass is 35.5. The smallest absolute Gasteiger partial charge is 0.175 e. The maximum absolute atomic E-state index is 13.2. The molecule has 0 fully saturated rings. The number of aromatic nitrogens is 1. The maximum Gasteiger partial charge on any atom is 0.175 e. The van der Waals surface area contributed by atoms with Gasteiger partial charge in [-0.05, 0) is 44.6 Å². The number of rotatable bonds is 3. The molecule has 0 spiro atoms. The lowest BCUT2D eigenvalue weighted by Gasteiger charge is -2.25. The van der Waals surface area contributed by atoms with Crippen LogP contribution in [0.5, 0.6) is 0 Å². The highest BCUT2D eigenvalue weighted by Crippen LogP contribution is 2.39. The van der Waals surface area contributed by atoms with Gasteiger partial charge in [0, 0.05) is 44.7 Å². The van der Waals surface area contributed by atoms with Crippen molar-refractivity contribution in [3.05, 3.63) is 52.8 Å². The first kappa shape index (κ1) is 16.2. The summed E-state index contributed by atoms with van der Waals surface area (Å²) < 4.78 is 0. The normalized spacial score (nSPS) is 17.0. The van der Waals surface area contributed by atoms with Crippen molar-refractivity contribution < 1.29 is 9.59 Å². The van der Waals surface area contributed by atoms with E-state index < -0.39 is 5.92 Å². The lowest BCUT2D eigenvalue weighted by Crippen LogP contribution is -2.32. The van der Waals surface area contributed by atoms with Crippen molar-refractivity contribution in [1.82, 2.24) is 9.88 Å². The summed E-state index contributed by atoms with van der Waals surface area (Å²) in [6, 6.07) is 7.46. The zero-order valence-electron chi connectivity index (χ0n) is 14.0. The molecule has 3 aromatic rings. The molecule has 0 bridgehead atoms. The number of Topliss-reactive ketones (excluding diaryl/α,β-unsaturated/α-hetero) is 2. The molecular formula is C20H17ClN2O2. The van der Waals surface area contributed by atoms with Crippen LogP contribution in [0.1, 0.15) is 27.1 Å². The molecule has 25 heavy (non-hydrogen) atoms. The molecule has 0 amide bonds. The number of hydrogen-bond donors (Lipinski definition) is 0. The Morgan fingerprint density at radius 3 is 2.68 bits per heavy atom. The Labute approximate surface area is 150 Å². The van der Waals surface area contributed by atoms with Gasteiger partial charge in [0.2, 0.25) is 0 Å². The molecular weight excluding hydrogens is 336 g/mol.